The van der Waals surface area contributed by atoms with Crippen LogP contribution >= 0.6 is 23.4 Å². The molecule has 1 amide bonds. The largest absolute Gasteiger partial charge is 0.369 e. The number of carbonyl (C=O) groups excluding carboxylic acids is 1. The van der Waals surface area contributed by atoms with Gasteiger partial charge in [0, 0.05) is 6.04 Å². The third-order valence-electron chi connectivity index (χ3n) is 2.21. The summed E-state index contributed by atoms with van der Waals surface area (Å²) < 4.78 is 0. The van der Waals surface area contributed by atoms with E-state index in [-0.39, 0.29) is 16.5 Å². The molecule has 0 aromatic carbocycles. The first-order chi connectivity index (χ1) is 8.60. The Morgan fingerprint density at radius 2 is 2.33 bits per heavy atom. The van der Waals surface area contributed by atoms with Gasteiger partial charge in [-0.15, -0.1) is 0 Å². The quantitative estimate of drug-likeness (QED) is 0.620. The van der Waals surface area contributed by atoms with E-state index in [9.17, 15) is 4.79 Å². The van der Waals surface area contributed by atoms with Crippen molar-refractivity contribution in [2.45, 2.75) is 23.9 Å². The number of nitrogens with zero attached hydrogens (tertiary/aromatic N) is 3. The van der Waals surface area contributed by atoms with Crippen LogP contribution in [0.2, 0.25) is 5.15 Å². The Labute approximate surface area is 113 Å². The second-order valence-electron chi connectivity index (χ2n) is 3.80. The van der Waals surface area contributed by atoms with E-state index >= 15 is 0 Å². The summed E-state index contributed by atoms with van der Waals surface area (Å²) in [7, 11) is 0. The summed E-state index contributed by atoms with van der Waals surface area (Å²) in [4.78, 5) is 18.9. The molecule has 1 saturated carbocycles. The topological polar surface area (TPSA) is 105 Å². The van der Waals surface area contributed by atoms with Gasteiger partial charge in [-0.25, -0.2) is 4.98 Å². The molecule has 3 N–H and O–H groups in total. The monoisotopic (exact) mass is 283 g/mol. The maximum absolute atomic E-state index is 10.8. The van der Waals surface area contributed by atoms with E-state index in [1.165, 1.54) is 0 Å². The van der Waals surface area contributed by atoms with Crippen molar-refractivity contribution in [1.82, 2.24) is 9.97 Å². The molecule has 2 rings (SSSR count). The number of hydrogen-bond acceptors (Lipinski definition) is 6. The van der Waals surface area contributed by atoms with Crippen molar-refractivity contribution in [2.75, 3.05) is 11.1 Å². The van der Waals surface area contributed by atoms with Gasteiger partial charge in [0.1, 0.15) is 16.7 Å². The molecule has 0 bridgehead atoms. The van der Waals surface area contributed by atoms with Crippen LogP contribution in [0.1, 0.15) is 18.4 Å². The summed E-state index contributed by atoms with van der Waals surface area (Å²) in [6.07, 6.45) is 2.15. The van der Waals surface area contributed by atoms with Gasteiger partial charge in [-0.2, -0.15) is 10.2 Å². The van der Waals surface area contributed by atoms with Crippen molar-refractivity contribution < 1.29 is 4.79 Å². The molecule has 0 spiro atoms. The zero-order valence-corrected chi connectivity index (χ0v) is 10.9. The lowest BCUT2D eigenvalue weighted by Crippen LogP contribution is -2.14. The van der Waals surface area contributed by atoms with E-state index in [1.54, 1.807) is 0 Å². The molecule has 0 radical (unpaired) electrons. The third kappa shape index (κ3) is 3.24. The van der Waals surface area contributed by atoms with Gasteiger partial charge in [-0.1, -0.05) is 23.4 Å². The number of anilines is 1. The third-order valence-corrected chi connectivity index (χ3v) is 3.48. The molecule has 94 valence electrons. The van der Waals surface area contributed by atoms with Crippen LogP contribution in [-0.4, -0.2) is 27.7 Å². The lowest BCUT2D eigenvalue weighted by molar-refractivity contribution is -0.115. The molecule has 8 heteroatoms. The van der Waals surface area contributed by atoms with Gasteiger partial charge in [0.2, 0.25) is 11.9 Å². The zero-order chi connectivity index (χ0) is 13.1. The Morgan fingerprint density at radius 3 is 2.89 bits per heavy atom. The van der Waals surface area contributed by atoms with Crippen molar-refractivity contribution in [3.63, 3.8) is 0 Å². The van der Waals surface area contributed by atoms with Gasteiger partial charge in [-0.05, 0) is 12.8 Å². The highest BCUT2D eigenvalue weighted by atomic mass is 35.5. The van der Waals surface area contributed by atoms with Crippen LogP contribution in [0.5, 0.6) is 0 Å². The average Bonchev–Trinajstić information content (AvgIpc) is 3.09. The summed E-state index contributed by atoms with van der Waals surface area (Å²) in [5, 5.41) is 12.5. The standard InChI is InChI=1S/C10H10ClN5OS/c11-8-6(3-12)9(18-4-7(13)17)16-10(15-8)14-5-1-2-5/h5H,1-2,4H2,(H2,13,17)(H,14,15,16). The summed E-state index contributed by atoms with van der Waals surface area (Å²) in [5.41, 5.74) is 5.23. The van der Waals surface area contributed by atoms with Crippen LogP contribution in [0, 0.1) is 11.3 Å². The van der Waals surface area contributed by atoms with Crippen molar-refractivity contribution in [3.05, 3.63) is 10.7 Å². The lowest BCUT2D eigenvalue weighted by atomic mass is 10.4. The van der Waals surface area contributed by atoms with E-state index in [0.717, 1.165) is 24.6 Å². The second kappa shape index (κ2) is 5.42. The van der Waals surface area contributed by atoms with Crippen molar-refractivity contribution in [3.8, 4) is 6.07 Å². The summed E-state index contributed by atoms with van der Waals surface area (Å²) >= 11 is 6.99. The van der Waals surface area contributed by atoms with Crippen LogP contribution in [0.4, 0.5) is 5.95 Å². The van der Waals surface area contributed by atoms with Gasteiger partial charge in [0.25, 0.3) is 0 Å². The van der Waals surface area contributed by atoms with E-state index in [4.69, 9.17) is 22.6 Å². The number of nitriles is 1. The summed E-state index contributed by atoms with van der Waals surface area (Å²) in [6.45, 7) is 0. The van der Waals surface area contributed by atoms with E-state index in [2.05, 4.69) is 15.3 Å². The molecule has 1 aromatic heterocycles. The van der Waals surface area contributed by atoms with Crippen LogP contribution in [0.15, 0.2) is 5.03 Å². The molecular formula is C10H10ClN5OS. The maximum atomic E-state index is 10.8. The fourth-order valence-electron chi connectivity index (χ4n) is 1.23. The number of thioether (sulfide) groups is 1. The first-order valence-electron chi connectivity index (χ1n) is 5.25. The molecule has 0 saturated heterocycles. The molecule has 0 aliphatic heterocycles. The Bertz CT molecular complexity index is 526. The number of hydrogen-bond donors (Lipinski definition) is 2. The normalized spacial score (nSPS) is 14.0. The maximum Gasteiger partial charge on any atom is 0.227 e. The van der Waals surface area contributed by atoms with Crippen LogP contribution in [0.3, 0.4) is 0 Å². The predicted molar refractivity (Wildman–Crippen MR) is 68.3 cm³/mol. The molecule has 1 heterocycles. The minimum Gasteiger partial charge on any atom is -0.369 e. The lowest BCUT2D eigenvalue weighted by Gasteiger charge is -2.07. The number of rotatable bonds is 5. The number of nitrogens with one attached hydrogen (secondary N) is 1. The highest BCUT2D eigenvalue weighted by Gasteiger charge is 2.23. The molecule has 1 fully saturated rings. The summed E-state index contributed by atoms with van der Waals surface area (Å²) in [6, 6.07) is 2.30. The smallest absolute Gasteiger partial charge is 0.227 e. The van der Waals surface area contributed by atoms with Crippen LogP contribution in [0.25, 0.3) is 0 Å². The Hall–Kier alpha value is -1.52. The average molecular weight is 284 g/mol. The van der Waals surface area contributed by atoms with Crippen LogP contribution < -0.4 is 11.1 Å². The molecule has 1 aliphatic carbocycles. The van der Waals surface area contributed by atoms with Crippen LogP contribution in [-0.2, 0) is 4.79 Å². The van der Waals surface area contributed by atoms with Gasteiger partial charge in [-0.3, -0.25) is 4.79 Å². The fraction of sp³-hybridized carbons (Fsp3) is 0.400. The van der Waals surface area contributed by atoms with E-state index in [0.29, 0.717) is 17.0 Å². The van der Waals surface area contributed by atoms with E-state index < -0.39 is 5.91 Å². The first-order valence-corrected chi connectivity index (χ1v) is 6.61. The van der Waals surface area contributed by atoms with Crippen molar-refractivity contribution >= 4 is 35.2 Å². The zero-order valence-electron chi connectivity index (χ0n) is 9.31. The molecule has 0 unspecified atom stereocenters. The molecule has 18 heavy (non-hydrogen) atoms. The van der Waals surface area contributed by atoms with Gasteiger partial charge >= 0.3 is 0 Å². The minimum atomic E-state index is -0.477. The number of amides is 1. The van der Waals surface area contributed by atoms with Gasteiger partial charge in [0.05, 0.1) is 5.75 Å². The molecule has 0 atom stereocenters. The number of halogens is 1. The summed E-state index contributed by atoms with van der Waals surface area (Å²) in [5.74, 6) is -0.0472. The van der Waals surface area contributed by atoms with Crippen molar-refractivity contribution in [1.29, 1.82) is 5.26 Å². The number of aromatic nitrogens is 2. The van der Waals surface area contributed by atoms with Crippen molar-refractivity contribution in [2.24, 2.45) is 5.73 Å². The van der Waals surface area contributed by atoms with E-state index in [1.807, 2.05) is 6.07 Å². The molecule has 1 aliphatic rings. The Kier molecular flexibility index (Phi) is 3.89. The number of primary amides is 1. The SMILES string of the molecule is N#Cc1c(Cl)nc(NC2CC2)nc1SCC(N)=O. The minimum absolute atomic E-state index is 0.0465. The highest BCUT2D eigenvalue weighted by molar-refractivity contribution is 8.00. The Balaban J connectivity index is 2.24. The number of carbonyl (C=O) groups is 1. The molecule has 6 nitrogen and oxygen atoms in total. The first kappa shape index (κ1) is 12.9. The molecule has 1 aromatic rings. The molecular weight excluding hydrogens is 274 g/mol. The second-order valence-corrected chi connectivity index (χ2v) is 5.13. The van der Waals surface area contributed by atoms with Gasteiger partial charge < -0.3 is 11.1 Å². The fourth-order valence-corrected chi connectivity index (χ4v) is 2.21. The predicted octanol–water partition coefficient (Wildman–Crippen LogP) is 1.15. The number of nitrogens with two attached hydrogens (primary N) is 1. The Morgan fingerprint density at radius 1 is 1.61 bits per heavy atom. The van der Waals surface area contributed by atoms with Gasteiger partial charge in [0.15, 0.2) is 5.15 Å². The highest BCUT2D eigenvalue weighted by Crippen LogP contribution is 2.28.